The van der Waals surface area contributed by atoms with E-state index in [1.807, 2.05) is 67.7 Å². The fourth-order valence-electron chi connectivity index (χ4n) is 4.10. The average molecular weight is 433 g/mol. The van der Waals surface area contributed by atoms with Crippen LogP contribution >= 0.6 is 0 Å². The second kappa shape index (κ2) is 7.16. The highest BCUT2D eigenvalue weighted by atomic mass is 16.1. The molecular weight excluding hydrogens is 414 g/mol. The summed E-state index contributed by atoms with van der Waals surface area (Å²) < 4.78 is 1.56. The number of nitrogen functional groups attached to an aromatic ring is 1. The Morgan fingerprint density at radius 2 is 1.88 bits per heavy atom. The first-order chi connectivity index (χ1) is 16.1. The molecule has 0 atom stereocenters. The van der Waals surface area contributed by atoms with Crippen LogP contribution in [-0.4, -0.2) is 35.5 Å². The van der Waals surface area contributed by atoms with Crippen LogP contribution in [0.25, 0.3) is 38.8 Å². The smallest absolute Gasteiger partial charge is 0.214 e. The SMILES string of the molecule is Cc1nc2ccc(-n3ncc(C(=O)c4cc5ccc(-c6cccnc6)cc5[nH]4)c3N)cc2[nH]1. The second-order valence-corrected chi connectivity index (χ2v) is 7.93. The summed E-state index contributed by atoms with van der Waals surface area (Å²) in [6.45, 7) is 1.90. The summed E-state index contributed by atoms with van der Waals surface area (Å²) >= 11 is 0. The van der Waals surface area contributed by atoms with Gasteiger partial charge in [0.15, 0.2) is 0 Å². The highest BCUT2D eigenvalue weighted by molar-refractivity contribution is 6.12. The fraction of sp³-hybridized carbons (Fsp3) is 0.0400. The number of ketones is 1. The van der Waals surface area contributed by atoms with Crippen molar-refractivity contribution in [3.8, 4) is 16.8 Å². The summed E-state index contributed by atoms with van der Waals surface area (Å²) in [5, 5.41) is 5.31. The van der Waals surface area contributed by atoms with E-state index in [1.54, 1.807) is 10.9 Å². The van der Waals surface area contributed by atoms with Crippen LogP contribution in [0.4, 0.5) is 5.82 Å². The Labute approximate surface area is 188 Å². The van der Waals surface area contributed by atoms with Crippen LogP contribution in [0.3, 0.4) is 0 Å². The van der Waals surface area contributed by atoms with Gasteiger partial charge >= 0.3 is 0 Å². The van der Waals surface area contributed by atoms with E-state index in [1.165, 1.54) is 6.20 Å². The zero-order valence-electron chi connectivity index (χ0n) is 17.7. The molecule has 4 N–H and O–H groups in total. The van der Waals surface area contributed by atoms with Gasteiger partial charge in [-0.3, -0.25) is 9.78 Å². The number of anilines is 1. The minimum absolute atomic E-state index is 0.212. The molecule has 0 aliphatic carbocycles. The lowest BCUT2D eigenvalue weighted by Gasteiger charge is -2.05. The van der Waals surface area contributed by atoms with Gasteiger partial charge in [-0.2, -0.15) is 5.10 Å². The van der Waals surface area contributed by atoms with Gasteiger partial charge in [0.1, 0.15) is 11.6 Å². The average Bonchev–Trinajstić information content (AvgIpc) is 3.53. The zero-order chi connectivity index (χ0) is 22.5. The lowest BCUT2D eigenvalue weighted by molar-refractivity contribution is 0.103. The topological polar surface area (TPSA) is 118 Å². The summed E-state index contributed by atoms with van der Waals surface area (Å²) in [5.74, 6) is 0.901. The van der Waals surface area contributed by atoms with E-state index >= 15 is 0 Å². The third kappa shape index (κ3) is 3.16. The number of rotatable bonds is 4. The predicted molar refractivity (Wildman–Crippen MR) is 127 cm³/mol. The molecule has 0 radical (unpaired) electrons. The Balaban J connectivity index is 1.35. The Kier molecular flexibility index (Phi) is 4.13. The van der Waals surface area contributed by atoms with Crippen molar-refractivity contribution in [2.75, 3.05) is 5.73 Å². The first kappa shape index (κ1) is 19.0. The third-order valence-corrected chi connectivity index (χ3v) is 5.74. The number of nitrogens with one attached hydrogen (secondary N) is 2. The molecule has 4 aromatic heterocycles. The van der Waals surface area contributed by atoms with Crippen molar-refractivity contribution in [2.24, 2.45) is 0 Å². The number of hydrogen-bond donors (Lipinski definition) is 3. The highest BCUT2D eigenvalue weighted by Gasteiger charge is 2.20. The summed E-state index contributed by atoms with van der Waals surface area (Å²) in [7, 11) is 0. The number of aromatic amines is 2. The lowest BCUT2D eigenvalue weighted by Crippen LogP contribution is -2.07. The largest absolute Gasteiger partial charge is 0.383 e. The van der Waals surface area contributed by atoms with Crippen LogP contribution < -0.4 is 5.73 Å². The van der Waals surface area contributed by atoms with Gasteiger partial charge in [-0.1, -0.05) is 18.2 Å². The summed E-state index contributed by atoms with van der Waals surface area (Å²) in [4.78, 5) is 28.3. The van der Waals surface area contributed by atoms with Crippen molar-refractivity contribution in [3.05, 3.63) is 90.3 Å². The van der Waals surface area contributed by atoms with Crippen LogP contribution in [0.5, 0.6) is 0 Å². The van der Waals surface area contributed by atoms with Crippen molar-refractivity contribution in [1.29, 1.82) is 0 Å². The minimum Gasteiger partial charge on any atom is -0.383 e. The predicted octanol–water partition coefficient (Wildman–Crippen LogP) is 4.41. The number of benzene rings is 2. The van der Waals surface area contributed by atoms with Crippen molar-refractivity contribution >= 4 is 33.5 Å². The van der Waals surface area contributed by atoms with E-state index in [9.17, 15) is 4.79 Å². The van der Waals surface area contributed by atoms with Crippen LogP contribution in [0, 0.1) is 6.92 Å². The van der Waals surface area contributed by atoms with Gasteiger partial charge in [-0.15, -0.1) is 0 Å². The lowest BCUT2D eigenvalue weighted by atomic mass is 10.1. The Hall–Kier alpha value is -4.72. The number of imidazole rings is 1. The molecule has 0 saturated heterocycles. The standard InChI is InChI=1S/C25H19N7O/c1-14-29-20-7-6-18(11-22(20)30-14)32-25(26)19(13-28-32)24(33)23-10-16-5-4-15(9-21(16)31-23)17-3-2-8-27-12-17/h2-13,31H,26H2,1H3,(H,29,30). The number of carbonyl (C=O) groups is 1. The Bertz CT molecular complexity index is 1660. The van der Waals surface area contributed by atoms with Crippen molar-refractivity contribution in [2.45, 2.75) is 6.92 Å². The maximum absolute atomic E-state index is 13.3. The molecule has 0 bridgehead atoms. The van der Waals surface area contributed by atoms with E-state index < -0.39 is 0 Å². The van der Waals surface area contributed by atoms with E-state index in [2.05, 4.69) is 25.0 Å². The van der Waals surface area contributed by atoms with E-state index in [4.69, 9.17) is 5.73 Å². The molecule has 0 fully saturated rings. The third-order valence-electron chi connectivity index (χ3n) is 5.74. The molecule has 4 heterocycles. The maximum atomic E-state index is 13.3. The number of aryl methyl sites for hydroxylation is 1. The molecule has 0 aliphatic rings. The molecule has 33 heavy (non-hydrogen) atoms. The number of nitrogens with zero attached hydrogens (tertiary/aromatic N) is 4. The van der Waals surface area contributed by atoms with Crippen LogP contribution in [0.1, 0.15) is 21.9 Å². The van der Waals surface area contributed by atoms with Crippen molar-refractivity contribution in [1.82, 2.24) is 29.7 Å². The van der Waals surface area contributed by atoms with Gasteiger partial charge in [0.2, 0.25) is 5.78 Å². The molecule has 0 spiro atoms. The Morgan fingerprint density at radius 1 is 0.970 bits per heavy atom. The molecule has 8 nitrogen and oxygen atoms in total. The van der Waals surface area contributed by atoms with Crippen molar-refractivity contribution in [3.63, 3.8) is 0 Å². The number of pyridine rings is 1. The Morgan fingerprint density at radius 3 is 2.73 bits per heavy atom. The summed E-state index contributed by atoms with van der Waals surface area (Å²) in [6.07, 6.45) is 5.06. The molecule has 160 valence electrons. The highest BCUT2D eigenvalue weighted by Crippen LogP contribution is 2.27. The molecule has 0 unspecified atom stereocenters. The van der Waals surface area contributed by atoms with Crippen LogP contribution in [-0.2, 0) is 0 Å². The van der Waals surface area contributed by atoms with Gasteiger partial charge in [-0.25, -0.2) is 9.67 Å². The first-order valence-corrected chi connectivity index (χ1v) is 10.4. The monoisotopic (exact) mass is 433 g/mol. The van der Waals surface area contributed by atoms with Gasteiger partial charge in [-0.05, 0) is 48.9 Å². The molecule has 0 saturated carbocycles. The number of H-pyrrole nitrogens is 2. The number of carbonyl (C=O) groups excluding carboxylic acids is 1. The van der Waals surface area contributed by atoms with Gasteiger partial charge in [0, 0.05) is 28.9 Å². The molecule has 8 heteroatoms. The molecule has 0 amide bonds. The number of nitrogens with two attached hydrogens (primary N) is 1. The minimum atomic E-state index is -0.212. The number of aromatic nitrogens is 6. The summed E-state index contributed by atoms with van der Waals surface area (Å²) in [5.41, 5.74) is 12.5. The van der Waals surface area contributed by atoms with Crippen LogP contribution in [0.2, 0.25) is 0 Å². The first-order valence-electron chi connectivity index (χ1n) is 10.4. The molecule has 6 rings (SSSR count). The molecule has 6 aromatic rings. The second-order valence-electron chi connectivity index (χ2n) is 7.93. The normalized spacial score (nSPS) is 11.4. The maximum Gasteiger partial charge on any atom is 0.214 e. The molecular formula is C25H19N7O. The zero-order valence-corrected chi connectivity index (χ0v) is 17.7. The molecule has 0 aliphatic heterocycles. The summed E-state index contributed by atoms with van der Waals surface area (Å²) in [6, 6.07) is 17.4. The molecule has 2 aromatic carbocycles. The van der Waals surface area contributed by atoms with Crippen LogP contribution in [0.15, 0.2) is 73.2 Å². The van der Waals surface area contributed by atoms with Gasteiger partial charge < -0.3 is 15.7 Å². The van der Waals surface area contributed by atoms with E-state index in [0.29, 0.717) is 11.3 Å². The van der Waals surface area contributed by atoms with Gasteiger partial charge in [0.05, 0.1) is 34.2 Å². The van der Waals surface area contributed by atoms with E-state index in [0.717, 1.165) is 44.6 Å². The number of fused-ring (bicyclic) bond motifs is 2. The number of hydrogen-bond acceptors (Lipinski definition) is 5. The van der Waals surface area contributed by atoms with Gasteiger partial charge in [0.25, 0.3) is 0 Å². The quantitative estimate of drug-likeness (QED) is 0.356. The fourth-order valence-corrected chi connectivity index (χ4v) is 4.10. The van der Waals surface area contributed by atoms with Crippen molar-refractivity contribution < 1.29 is 4.79 Å². The van der Waals surface area contributed by atoms with E-state index in [-0.39, 0.29) is 11.6 Å².